The molecule has 2 aliphatic rings. The molecule has 0 radical (unpaired) electrons. The molecule has 0 unspecified atom stereocenters. The number of sulfonamides is 2. The van der Waals surface area contributed by atoms with E-state index < -0.39 is 31.9 Å². The first-order valence-corrected chi connectivity index (χ1v) is 12.8. The number of aromatic nitrogens is 2. The summed E-state index contributed by atoms with van der Waals surface area (Å²) in [6.45, 7) is 0. The van der Waals surface area contributed by atoms with Crippen molar-refractivity contribution < 1.29 is 26.4 Å². The Morgan fingerprint density at radius 2 is 0.906 bits per heavy atom. The number of rotatable bonds is 0. The monoisotopic (exact) mass is 602 g/mol. The van der Waals surface area contributed by atoms with Crippen molar-refractivity contribution >= 4 is 64.2 Å². The quantitative estimate of drug-likeness (QED) is 0.358. The van der Waals surface area contributed by atoms with Gasteiger partial charge in [0.1, 0.15) is 9.79 Å². The molecule has 2 aromatic carbocycles. The highest BCUT2D eigenvalue weighted by molar-refractivity contribution is 9.09. The minimum Gasteiger partial charge on any atom is -0.267 e. The number of halogens is 2. The van der Waals surface area contributed by atoms with Crippen molar-refractivity contribution in [3.8, 4) is 0 Å². The van der Waals surface area contributed by atoms with Gasteiger partial charge in [-0.25, -0.2) is 16.8 Å². The summed E-state index contributed by atoms with van der Waals surface area (Å²) in [6, 6.07) is 12.2. The smallest absolute Gasteiger partial charge is 0.267 e. The van der Waals surface area contributed by atoms with Crippen molar-refractivity contribution in [2.24, 2.45) is 0 Å². The lowest BCUT2D eigenvalue weighted by molar-refractivity contribution is 0.0929. The van der Waals surface area contributed by atoms with Gasteiger partial charge in [-0.2, -0.15) is 6.66 Å². The average molecular weight is 604 g/mol. The van der Waals surface area contributed by atoms with Crippen molar-refractivity contribution in [2.75, 3.05) is 0 Å². The third kappa shape index (κ3) is 4.44. The molecule has 0 saturated carbocycles. The predicted octanol–water partition coefficient (Wildman–Crippen LogP) is 2.76. The van der Waals surface area contributed by atoms with E-state index in [-0.39, 0.29) is 20.9 Å². The Hall–Kier alpha value is -2.68. The molecule has 1 aromatic heterocycles. The van der Waals surface area contributed by atoms with E-state index in [4.69, 9.17) is 0 Å². The lowest BCUT2D eigenvalue weighted by Gasteiger charge is -2.01. The summed E-state index contributed by atoms with van der Waals surface area (Å²) >= 11 is 5.40. The second-order valence-corrected chi connectivity index (χ2v) is 11.8. The van der Waals surface area contributed by atoms with Gasteiger partial charge in [0.15, 0.2) is 0 Å². The molecule has 2 aliphatic heterocycles. The van der Waals surface area contributed by atoms with Crippen LogP contribution >= 0.6 is 32.3 Å². The van der Waals surface area contributed by atoms with Gasteiger partial charge in [-0.05, 0) is 24.3 Å². The molecule has 0 saturated heterocycles. The number of amides is 2. The van der Waals surface area contributed by atoms with Crippen LogP contribution in [-0.2, 0) is 20.0 Å². The van der Waals surface area contributed by atoms with E-state index in [0.29, 0.717) is 6.66 Å². The summed E-state index contributed by atoms with van der Waals surface area (Å²) in [5.41, 5.74) is 0.416. The minimum absolute atomic E-state index is 0.0527. The molecule has 0 bridgehead atoms. The van der Waals surface area contributed by atoms with Gasteiger partial charge < -0.3 is 0 Å². The van der Waals surface area contributed by atoms with Crippen molar-refractivity contribution in [3.63, 3.8) is 0 Å². The van der Waals surface area contributed by atoms with Crippen LogP contribution in [0, 0.1) is 0 Å². The van der Waals surface area contributed by atoms with Gasteiger partial charge in [-0.15, -0.1) is 0 Å². The maximum absolute atomic E-state index is 11.5. The van der Waals surface area contributed by atoms with Crippen molar-refractivity contribution in [2.45, 2.75) is 9.79 Å². The summed E-state index contributed by atoms with van der Waals surface area (Å²) in [4.78, 5) is 30.2. The molecule has 0 fully saturated rings. The number of benzene rings is 2. The lowest BCUT2D eigenvalue weighted by Crippen LogP contribution is -2.18. The molecular formula is C18H12Br2N4O6S2. The molecule has 5 rings (SSSR count). The van der Waals surface area contributed by atoms with Crippen LogP contribution < -0.4 is 0 Å². The molecule has 14 heteroatoms. The van der Waals surface area contributed by atoms with E-state index in [1.54, 1.807) is 49.1 Å². The normalized spacial score (nSPS) is 16.8. The van der Waals surface area contributed by atoms with Gasteiger partial charge in [-0.1, -0.05) is 24.3 Å². The van der Waals surface area contributed by atoms with Gasteiger partial charge in [0, 0.05) is 24.8 Å². The van der Waals surface area contributed by atoms with Crippen LogP contribution in [0.5, 0.6) is 0 Å². The number of hydrogen-bond donors (Lipinski definition) is 0. The Balaban J connectivity index is 0.000000145. The first kappa shape index (κ1) is 24.0. The van der Waals surface area contributed by atoms with E-state index in [0.717, 1.165) is 0 Å². The summed E-state index contributed by atoms with van der Waals surface area (Å²) in [5, 5.41) is 0. The number of carbonyl (C=O) groups excluding carboxylic acids is 2. The highest BCUT2D eigenvalue weighted by Gasteiger charge is 2.40. The predicted molar refractivity (Wildman–Crippen MR) is 119 cm³/mol. The first-order valence-electron chi connectivity index (χ1n) is 8.49. The molecule has 0 N–H and O–H groups in total. The van der Waals surface area contributed by atoms with E-state index in [9.17, 15) is 26.4 Å². The molecule has 32 heavy (non-hydrogen) atoms. The van der Waals surface area contributed by atoms with Crippen LogP contribution in [0.1, 0.15) is 20.7 Å². The van der Waals surface area contributed by atoms with Gasteiger partial charge in [-0.3, -0.25) is 19.6 Å². The van der Waals surface area contributed by atoms with Gasteiger partial charge in [0.2, 0.25) is 0 Å². The van der Waals surface area contributed by atoms with Crippen molar-refractivity contribution in [3.05, 3.63) is 84.4 Å². The lowest BCUT2D eigenvalue weighted by atomic mass is 10.2. The minimum atomic E-state index is -3.63. The molecular weight excluding hydrogens is 592 g/mol. The fourth-order valence-electron chi connectivity index (χ4n) is 2.57. The van der Waals surface area contributed by atoms with E-state index in [1.165, 1.54) is 24.3 Å². The van der Waals surface area contributed by atoms with Crippen LogP contribution in [0.4, 0.5) is 0 Å². The maximum atomic E-state index is 11.5. The zero-order valence-electron chi connectivity index (χ0n) is 15.7. The van der Waals surface area contributed by atoms with Gasteiger partial charge >= 0.3 is 0 Å². The largest absolute Gasteiger partial charge is 0.279 e. The Bertz CT molecular complexity index is 1270. The Morgan fingerprint density at radius 3 is 1.19 bits per heavy atom. The standard InChI is InChI=1S/2C7H4BrNO3S.C4H4N2/c2*8-9-7(10)5-3-1-2-4-6(5)13(9,11)12;1-2-6-4-3-5-1/h2*1-4H;1-4H. The second-order valence-electron chi connectivity index (χ2n) is 5.94. The van der Waals surface area contributed by atoms with Gasteiger partial charge in [0.25, 0.3) is 31.9 Å². The molecule has 0 aliphatic carbocycles. The Labute approximate surface area is 200 Å². The summed E-state index contributed by atoms with van der Waals surface area (Å²) < 4.78 is 47.0. The van der Waals surface area contributed by atoms with Crippen LogP contribution in [0.25, 0.3) is 0 Å². The van der Waals surface area contributed by atoms with Gasteiger partial charge in [0.05, 0.1) is 43.4 Å². The summed E-state index contributed by atoms with van der Waals surface area (Å²) in [5.74, 6) is -1.09. The number of nitrogens with zero attached hydrogens (tertiary/aromatic N) is 4. The zero-order valence-corrected chi connectivity index (χ0v) is 20.5. The number of hydrogen-bond acceptors (Lipinski definition) is 8. The van der Waals surface area contributed by atoms with E-state index in [2.05, 4.69) is 42.3 Å². The molecule has 3 aromatic rings. The average Bonchev–Trinajstić information content (AvgIpc) is 3.11. The molecule has 0 atom stereocenters. The molecule has 3 heterocycles. The third-order valence-corrected chi connectivity index (χ3v) is 9.94. The molecule has 2 amide bonds. The van der Waals surface area contributed by atoms with Crippen molar-refractivity contribution in [1.29, 1.82) is 0 Å². The second kappa shape index (κ2) is 9.44. The SMILES string of the molecule is O=C1c2ccccc2S(=O)(=O)N1Br.O=C1c2ccccc2S(=O)(=O)N1Br.c1cnccn1. The van der Waals surface area contributed by atoms with Crippen LogP contribution in [0.2, 0.25) is 0 Å². The Morgan fingerprint density at radius 1 is 0.594 bits per heavy atom. The van der Waals surface area contributed by atoms with Crippen LogP contribution in [0.15, 0.2) is 83.1 Å². The highest BCUT2D eigenvalue weighted by atomic mass is 79.9. The highest BCUT2D eigenvalue weighted by Crippen LogP contribution is 2.32. The maximum Gasteiger partial charge on any atom is 0.279 e. The van der Waals surface area contributed by atoms with E-state index >= 15 is 0 Å². The summed E-state index contributed by atoms with van der Waals surface area (Å²) in [7, 11) is -7.27. The van der Waals surface area contributed by atoms with Crippen LogP contribution in [0.3, 0.4) is 0 Å². The van der Waals surface area contributed by atoms with Crippen molar-refractivity contribution in [1.82, 2.24) is 16.6 Å². The fourth-order valence-corrected chi connectivity index (χ4v) is 6.23. The topological polar surface area (TPSA) is 135 Å². The first-order chi connectivity index (χ1) is 15.1. The number of carbonyl (C=O) groups is 2. The molecule has 166 valence electrons. The van der Waals surface area contributed by atoms with E-state index in [1.807, 2.05) is 0 Å². The fraction of sp³-hybridized carbons (Fsp3) is 0. The Kier molecular flexibility index (Phi) is 7.07. The number of fused-ring (bicyclic) bond motifs is 2. The zero-order chi connectivity index (χ0) is 23.5. The molecule has 10 nitrogen and oxygen atoms in total. The summed E-state index contributed by atoms with van der Waals surface area (Å²) in [6.07, 6.45) is 6.56. The van der Waals surface area contributed by atoms with Crippen LogP contribution in [-0.4, -0.2) is 45.3 Å². The molecule has 0 spiro atoms. The third-order valence-electron chi connectivity index (χ3n) is 4.01.